The zero-order valence-corrected chi connectivity index (χ0v) is 16.3. The SMILES string of the molecule is CSc1ncc(C(=O)Nc2ccc(F)c3c2CC(C)C3(C)C)c(C(F)F)n1. The molecule has 8 heteroatoms. The second-order valence-electron chi connectivity index (χ2n) is 7.19. The quantitative estimate of drug-likeness (QED) is 0.585. The fourth-order valence-electron chi connectivity index (χ4n) is 3.46. The zero-order valence-electron chi connectivity index (χ0n) is 15.4. The molecule has 1 aliphatic carbocycles. The van der Waals surface area contributed by atoms with E-state index in [1.54, 1.807) is 6.26 Å². The van der Waals surface area contributed by atoms with E-state index in [-0.39, 0.29) is 27.9 Å². The molecular weight excluding hydrogens is 375 g/mol. The van der Waals surface area contributed by atoms with Gasteiger partial charge in [-0.2, -0.15) is 0 Å². The number of thioether (sulfide) groups is 1. The molecule has 1 heterocycles. The minimum absolute atomic E-state index is 0.167. The van der Waals surface area contributed by atoms with E-state index in [0.29, 0.717) is 23.2 Å². The summed E-state index contributed by atoms with van der Waals surface area (Å²) in [5.74, 6) is -0.872. The lowest BCUT2D eigenvalue weighted by atomic mass is 9.79. The van der Waals surface area contributed by atoms with Crippen molar-refractivity contribution in [1.29, 1.82) is 0 Å². The van der Waals surface area contributed by atoms with E-state index < -0.39 is 18.0 Å². The van der Waals surface area contributed by atoms with Crippen LogP contribution in [0.1, 0.15) is 54.4 Å². The van der Waals surface area contributed by atoms with E-state index >= 15 is 0 Å². The van der Waals surface area contributed by atoms with Gasteiger partial charge in [-0.1, -0.05) is 32.5 Å². The number of fused-ring (bicyclic) bond motifs is 1. The number of carbonyl (C=O) groups excluding carboxylic acids is 1. The molecule has 1 unspecified atom stereocenters. The van der Waals surface area contributed by atoms with Gasteiger partial charge in [-0.3, -0.25) is 4.79 Å². The van der Waals surface area contributed by atoms with Gasteiger partial charge in [0, 0.05) is 11.9 Å². The standard InChI is InChI=1S/C19H20F3N3OS/c1-9-7-10-13(6-5-12(20)14(10)19(9,2)3)24-17(26)11-8-23-18(27-4)25-15(11)16(21)22/h5-6,8-9,16H,7H2,1-4H3,(H,24,26). The Balaban J connectivity index is 1.99. The number of alkyl halides is 2. The highest BCUT2D eigenvalue weighted by Gasteiger charge is 2.40. The van der Waals surface area contributed by atoms with Crippen LogP contribution in [0.3, 0.4) is 0 Å². The van der Waals surface area contributed by atoms with Gasteiger partial charge in [0.2, 0.25) is 0 Å². The molecule has 1 aliphatic rings. The first-order valence-corrected chi connectivity index (χ1v) is 9.71. The maximum atomic E-state index is 14.4. The molecule has 0 fully saturated rings. The summed E-state index contributed by atoms with van der Waals surface area (Å²) in [6.07, 6.45) is 0.456. The number of hydrogen-bond donors (Lipinski definition) is 1. The first-order valence-electron chi connectivity index (χ1n) is 8.49. The average Bonchev–Trinajstić information content (AvgIpc) is 2.87. The van der Waals surface area contributed by atoms with Crippen LogP contribution < -0.4 is 5.32 Å². The Bertz CT molecular complexity index is 902. The van der Waals surface area contributed by atoms with Gasteiger partial charge in [0.25, 0.3) is 12.3 Å². The van der Waals surface area contributed by atoms with Gasteiger partial charge in [-0.15, -0.1) is 0 Å². The van der Waals surface area contributed by atoms with Crippen molar-refractivity contribution in [2.45, 2.75) is 44.2 Å². The molecule has 3 rings (SSSR count). The molecule has 1 aromatic carbocycles. The maximum absolute atomic E-state index is 14.4. The molecular formula is C19H20F3N3OS. The number of amides is 1. The third kappa shape index (κ3) is 3.42. The Hall–Kier alpha value is -2.09. The topological polar surface area (TPSA) is 54.9 Å². The fourth-order valence-corrected chi connectivity index (χ4v) is 3.81. The Kier molecular flexibility index (Phi) is 5.20. The minimum Gasteiger partial charge on any atom is -0.322 e. The Morgan fingerprint density at radius 3 is 2.70 bits per heavy atom. The first kappa shape index (κ1) is 19.7. The number of benzene rings is 1. The van der Waals surface area contributed by atoms with Gasteiger partial charge in [0.1, 0.15) is 11.5 Å². The van der Waals surface area contributed by atoms with Crippen LogP contribution in [0.5, 0.6) is 0 Å². The number of anilines is 1. The third-order valence-corrected chi connectivity index (χ3v) is 5.89. The number of nitrogens with zero attached hydrogens (tertiary/aromatic N) is 2. The smallest absolute Gasteiger partial charge is 0.281 e. The Morgan fingerprint density at radius 1 is 1.37 bits per heavy atom. The molecule has 0 spiro atoms. The largest absolute Gasteiger partial charge is 0.322 e. The number of nitrogens with one attached hydrogen (secondary N) is 1. The average molecular weight is 395 g/mol. The van der Waals surface area contributed by atoms with Crippen LogP contribution in [0.2, 0.25) is 0 Å². The minimum atomic E-state index is -2.91. The second-order valence-corrected chi connectivity index (χ2v) is 7.96. The summed E-state index contributed by atoms with van der Waals surface area (Å²) < 4.78 is 41.1. The molecule has 1 aromatic heterocycles. The number of halogens is 3. The molecule has 1 N–H and O–H groups in total. The van der Waals surface area contributed by atoms with Gasteiger partial charge >= 0.3 is 0 Å². The summed E-state index contributed by atoms with van der Waals surface area (Å²) in [6, 6.07) is 2.77. The maximum Gasteiger partial charge on any atom is 0.281 e. The van der Waals surface area contributed by atoms with Crippen LogP contribution in [-0.4, -0.2) is 22.1 Å². The van der Waals surface area contributed by atoms with Gasteiger partial charge in [-0.05, 0) is 47.3 Å². The van der Waals surface area contributed by atoms with E-state index in [2.05, 4.69) is 15.3 Å². The van der Waals surface area contributed by atoms with Crippen LogP contribution in [0.25, 0.3) is 0 Å². The van der Waals surface area contributed by atoms with Gasteiger partial charge < -0.3 is 5.32 Å². The van der Waals surface area contributed by atoms with Gasteiger partial charge in [-0.25, -0.2) is 23.1 Å². The summed E-state index contributed by atoms with van der Waals surface area (Å²) >= 11 is 1.11. The summed E-state index contributed by atoms with van der Waals surface area (Å²) in [4.78, 5) is 20.3. The Labute approximate surface area is 160 Å². The Morgan fingerprint density at radius 2 is 2.07 bits per heavy atom. The predicted octanol–water partition coefficient (Wildman–Crippen LogP) is 5.00. The first-order chi connectivity index (χ1) is 12.7. The van der Waals surface area contributed by atoms with Crippen LogP contribution in [0.4, 0.5) is 18.9 Å². The van der Waals surface area contributed by atoms with Crippen LogP contribution in [0.15, 0.2) is 23.5 Å². The lowest BCUT2D eigenvalue weighted by Crippen LogP contribution is -2.22. The molecule has 0 bridgehead atoms. The van der Waals surface area contributed by atoms with Gasteiger partial charge in [0.05, 0.1) is 5.56 Å². The summed E-state index contributed by atoms with van der Waals surface area (Å²) in [5, 5.41) is 2.82. The molecule has 0 radical (unpaired) electrons. The summed E-state index contributed by atoms with van der Waals surface area (Å²) in [7, 11) is 0. The van der Waals surface area contributed by atoms with Crippen molar-refractivity contribution < 1.29 is 18.0 Å². The third-order valence-electron chi connectivity index (χ3n) is 5.33. The highest BCUT2D eigenvalue weighted by atomic mass is 32.2. The molecule has 1 amide bonds. The van der Waals surface area contributed by atoms with E-state index in [4.69, 9.17) is 0 Å². The molecule has 1 atom stereocenters. The van der Waals surface area contributed by atoms with Crippen LogP contribution in [-0.2, 0) is 11.8 Å². The highest BCUT2D eigenvalue weighted by molar-refractivity contribution is 7.98. The predicted molar refractivity (Wildman–Crippen MR) is 99.0 cm³/mol. The molecule has 0 saturated heterocycles. The molecule has 144 valence electrons. The van der Waals surface area contributed by atoms with Crippen molar-refractivity contribution in [3.63, 3.8) is 0 Å². The van der Waals surface area contributed by atoms with E-state index in [0.717, 1.165) is 18.0 Å². The number of hydrogen-bond acceptors (Lipinski definition) is 4. The van der Waals surface area contributed by atoms with Crippen LogP contribution in [0, 0.1) is 11.7 Å². The summed E-state index contributed by atoms with van der Waals surface area (Å²) in [6.45, 7) is 5.94. The molecule has 2 aromatic rings. The van der Waals surface area contributed by atoms with Crippen molar-refractivity contribution in [3.05, 3.63) is 46.5 Å². The van der Waals surface area contributed by atoms with Crippen LogP contribution >= 0.6 is 11.8 Å². The normalized spacial score (nSPS) is 17.9. The van der Waals surface area contributed by atoms with Crippen molar-refractivity contribution >= 4 is 23.4 Å². The monoisotopic (exact) mass is 395 g/mol. The highest BCUT2D eigenvalue weighted by Crippen LogP contribution is 2.46. The zero-order chi connectivity index (χ0) is 19.9. The number of carbonyl (C=O) groups is 1. The van der Waals surface area contributed by atoms with Gasteiger partial charge in [0.15, 0.2) is 5.16 Å². The van der Waals surface area contributed by atoms with Crippen molar-refractivity contribution in [1.82, 2.24) is 9.97 Å². The molecule has 4 nitrogen and oxygen atoms in total. The number of rotatable bonds is 4. The molecule has 27 heavy (non-hydrogen) atoms. The fraction of sp³-hybridized carbons (Fsp3) is 0.421. The second kappa shape index (κ2) is 7.14. The molecule has 0 aliphatic heterocycles. The van der Waals surface area contributed by atoms with E-state index in [9.17, 15) is 18.0 Å². The summed E-state index contributed by atoms with van der Waals surface area (Å²) in [5.41, 5.74) is 0.433. The lowest BCUT2D eigenvalue weighted by Gasteiger charge is -2.25. The lowest BCUT2D eigenvalue weighted by molar-refractivity contribution is 0.100. The molecule has 0 saturated carbocycles. The number of aromatic nitrogens is 2. The van der Waals surface area contributed by atoms with E-state index in [1.165, 1.54) is 12.1 Å². The van der Waals surface area contributed by atoms with E-state index in [1.807, 2.05) is 20.8 Å². The van der Waals surface area contributed by atoms with Crippen molar-refractivity contribution in [3.8, 4) is 0 Å². The van der Waals surface area contributed by atoms with Crippen molar-refractivity contribution in [2.75, 3.05) is 11.6 Å². The van der Waals surface area contributed by atoms with Crippen molar-refractivity contribution in [2.24, 2.45) is 5.92 Å².